The molecule has 0 heterocycles. The summed E-state index contributed by atoms with van der Waals surface area (Å²) in [4.78, 5) is 11.7. The highest BCUT2D eigenvalue weighted by Gasteiger charge is 2.32. The van der Waals surface area contributed by atoms with E-state index in [0.29, 0.717) is 12.0 Å². The Hall–Kier alpha value is -1.36. The number of hydrogen-bond acceptors (Lipinski definition) is 2. The van der Waals surface area contributed by atoms with E-state index < -0.39 is 25.3 Å². The van der Waals surface area contributed by atoms with Crippen LogP contribution in [0.1, 0.15) is 22.3 Å². The van der Waals surface area contributed by atoms with Crippen LogP contribution in [0.4, 0.5) is 13.2 Å². The van der Waals surface area contributed by atoms with Crippen molar-refractivity contribution in [3.05, 3.63) is 35.4 Å². The number of carbonyl (C=O) groups excluding carboxylic acids is 1. The zero-order chi connectivity index (χ0) is 12.5. The minimum atomic E-state index is -4.24. The van der Waals surface area contributed by atoms with Crippen LogP contribution in [0.15, 0.2) is 24.3 Å². The standard InChI is InChI=1S/C12H11F3O2/c13-12(14,15)5-6-17-10-7-8-3-1-2-4-9(8)11(10)16/h1-4,10H,5-7H2. The Bertz CT molecular complexity index is 426. The molecule has 0 bridgehead atoms. The van der Waals surface area contributed by atoms with Gasteiger partial charge in [0.25, 0.3) is 0 Å². The van der Waals surface area contributed by atoms with Gasteiger partial charge in [-0.25, -0.2) is 0 Å². The summed E-state index contributed by atoms with van der Waals surface area (Å²) in [6.45, 7) is -0.464. The summed E-state index contributed by atoms with van der Waals surface area (Å²) < 4.78 is 40.8. The average Bonchev–Trinajstić information content (AvgIpc) is 2.55. The minimum Gasteiger partial charge on any atom is -0.369 e. The Morgan fingerprint density at radius 2 is 2.00 bits per heavy atom. The summed E-state index contributed by atoms with van der Waals surface area (Å²) in [6.07, 6.45) is -5.65. The molecule has 0 aliphatic heterocycles. The fraction of sp³-hybridized carbons (Fsp3) is 0.417. The van der Waals surface area contributed by atoms with Crippen molar-refractivity contribution < 1.29 is 22.7 Å². The Balaban J connectivity index is 1.92. The molecular formula is C12H11F3O2. The van der Waals surface area contributed by atoms with Crippen LogP contribution in [-0.4, -0.2) is 24.7 Å². The third kappa shape index (κ3) is 2.85. The number of ether oxygens (including phenoxy) is 1. The Labute approximate surface area is 96.4 Å². The number of carbonyl (C=O) groups is 1. The second kappa shape index (κ2) is 4.49. The van der Waals surface area contributed by atoms with Crippen molar-refractivity contribution in [1.82, 2.24) is 0 Å². The van der Waals surface area contributed by atoms with Gasteiger partial charge >= 0.3 is 6.18 Å². The molecule has 2 nitrogen and oxygen atoms in total. The van der Waals surface area contributed by atoms with Gasteiger partial charge in [-0.2, -0.15) is 13.2 Å². The maximum atomic E-state index is 11.9. The molecule has 0 saturated heterocycles. The molecule has 92 valence electrons. The molecule has 1 aliphatic carbocycles. The molecule has 0 spiro atoms. The van der Waals surface area contributed by atoms with Crippen molar-refractivity contribution in [2.24, 2.45) is 0 Å². The van der Waals surface area contributed by atoms with Gasteiger partial charge in [0, 0.05) is 12.0 Å². The molecule has 0 N–H and O–H groups in total. The van der Waals surface area contributed by atoms with Crippen molar-refractivity contribution in [3.8, 4) is 0 Å². The van der Waals surface area contributed by atoms with E-state index in [9.17, 15) is 18.0 Å². The maximum Gasteiger partial charge on any atom is 0.391 e. The highest BCUT2D eigenvalue weighted by molar-refractivity contribution is 6.03. The molecule has 1 aliphatic rings. The molecule has 17 heavy (non-hydrogen) atoms. The van der Waals surface area contributed by atoms with Crippen molar-refractivity contribution in [3.63, 3.8) is 0 Å². The first-order chi connectivity index (χ1) is 7.97. The van der Waals surface area contributed by atoms with Crippen LogP contribution in [0.25, 0.3) is 0 Å². The largest absolute Gasteiger partial charge is 0.391 e. The molecule has 0 radical (unpaired) electrons. The third-order valence-electron chi connectivity index (χ3n) is 2.69. The fourth-order valence-corrected chi connectivity index (χ4v) is 1.86. The average molecular weight is 244 g/mol. The lowest BCUT2D eigenvalue weighted by Gasteiger charge is -2.11. The smallest absolute Gasteiger partial charge is 0.369 e. The van der Waals surface area contributed by atoms with Crippen LogP contribution >= 0.6 is 0 Å². The van der Waals surface area contributed by atoms with E-state index in [0.717, 1.165) is 5.56 Å². The lowest BCUT2D eigenvalue weighted by atomic mass is 10.1. The molecule has 1 aromatic rings. The topological polar surface area (TPSA) is 26.3 Å². The lowest BCUT2D eigenvalue weighted by molar-refractivity contribution is -0.147. The van der Waals surface area contributed by atoms with Crippen molar-refractivity contribution in [1.29, 1.82) is 0 Å². The van der Waals surface area contributed by atoms with E-state index in [1.807, 2.05) is 0 Å². The first-order valence-corrected chi connectivity index (χ1v) is 5.28. The molecule has 2 rings (SSSR count). The number of halogens is 3. The maximum absolute atomic E-state index is 11.9. The van der Waals surface area contributed by atoms with Gasteiger partial charge in [0.15, 0.2) is 5.78 Å². The predicted molar refractivity (Wildman–Crippen MR) is 54.9 cm³/mol. The number of hydrogen-bond donors (Lipinski definition) is 0. The van der Waals surface area contributed by atoms with E-state index in [-0.39, 0.29) is 5.78 Å². The van der Waals surface area contributed by atoms with Crippen LogP contribution in [0.5, 0.6) is 0 Å². The number of fused-ring (bicyclic) bond motifs is 1. The molecule has 1 aromatic carbocycles. The number of rotatable bonds is 3. The second-order valence-electron chi connectivity index (χ2n) is 3.95. The van der Waals surface area contributed by atoms with E-state index in [4.69, 9.17) is 4.74 Å². The Morgan fingerprint density at radius 3 is 2.65 bits per heavy atom. The first kappa shape index (κ1) is 12.1. The van der Waals surface area contributed by atoms with Gasteiger partial charge in [0.2, 0.25) is 0 Å². The first-order valence-electron chi connectivity index (χ1n) is 5.28. The summed E-state index contributed by atoms with van der Waals surface area (Å²) in [5.74, 6) is -0.220. The third-order valence-corrected chi connectivity index (χ3v) is 2.69. The van der Waals surface area contributed by atoms with E-state index in [1.54, 1.807) is 24.3 Å². The fourth-order valence-electron chi connectivity index (χ4n) is 1.86. The van der Waals surface area contributed by atoms with Crippen molar-refractivity contribution in [2.45, 2.75) is 25.1 Å². The quantitative estimate of drug-likeness (QED) is 0.817. The summed E-state index contributed by atoms with van der Waals surface area (Å²) >= 11 is 0. The van der Waals surface area contributed by atoms with Crippen LogP contribution in [-0.2, 0) is 11.2 Å². The molecule has 5 heteroatoms. The molecule has 0 fully saturated rings. The number of ketones is 1. The normalized spacial score (nSPS) is 19.5. The molecule has 0 amide bonds. The molecule has 1 atom stereocenters. The van der Waals surface area contributed by atoms with Crippen LogP contribution in [0.2, 0.25) is 0 Å². The van der Waals surface area contributed by atoms with Gasteiger partial charge in [0.1, 0.15) is 6.10 Å². The molecule has 0 saturated carbocycles. The predicted octanol–water partition coefficient (Wildman–Crippen LogP) is 2.76. The SMILES string of the molecule is O=C1c2ccccc2CC1OCCC(F)(F)F. The van der Waals surface area contributed by atoms with Crippen molar-refractivity contribution >= 4 is 5.78 Å². The summed E-state index contributed by atoms with van der Waals surface area (Å²) in [5.41, 5.74) is 1.40. The summed E-state index contributed by atoms with van der Waals surface area (Å²) in [6, 6.07) is 6.99. The van der Waals surface area contributed by atoms with Gasteiger partial charge in [-0.05, 0) is 5.56 Å². The van der Waals surface area contributed by atoms with Crippen molar-refractivity contribution in [2.75, 3.05) is 6.61 Å². The van der Waals surface area contributed by atoms with Gasteiger partial charge in [-0.15, -0.1) is 0 Å². The molecule has 1 unspecified atom stereocenters. The van der Waals surface area contributed by atoms with Gasteiger partial charge < -0.3 is 4.74 Å². The number of benzene rings is 1. The number of alkyl halides is 3. The van der Waals surface area contributed by atoms with E-state index >= 15 is 0 Å². The Kier molecular flexibility index (Phi) is 3.19. The zero-order valence-electron chi connectivity index (χ0n) is 8.96. The lowest BCUT2D eigenvalue weighted by Crippen LogP contribution is -2.23. The molecular weight excluding hydrogens is 233 g/mol. The van der Waals surface area contributed by atoms with Gasteiger partial charge in [0.05, 0.1) is 13.0 Å². The summed E-state index contributed by atoms with van der Waals surface area (Å²) in [7, 11) is 0. The van der Waals surface area contributed by atoms with Gasteiger partial charge in [-0.1, -0.05) is 24.3 Å². The van der Waals surface area contributed by atoms with E-state index in [2.05, 4.69) is 0 Å². The van der Waals surface area contributed by atoms with Crippen LogP contribution in [0.3, 0.4) is 0 Å². The zero-order valence-corrected chi connectivity index (χ0v) is 8.96. The Morgan fingerprint density at radius 1 is 1.29 bits per heavy atom. The second-order valence-corrected chi connectivity index (χ2v) is 3.95. The molecule has 0 aromatic heterocycles. The summed E-state index contributed by atoms with van der Waals surface area (Å²) in [5, 5.41) is 0. The highest BCUT2D eigenvalue weighted by atomic mass is 19.4. The highest BCUT2D eigenvalue weighted by Crippen LogP contribution is 2.25. The van der Waals surface area contributed by atoms with Gasteiger partial charge in [-0.3, -0.25) is 4.79 Å². The van der Waals surface area contributed by atoms with Crippen LogP contribution < -0.4 is 0 Å². The van der Waals surface area contributed by atoms with E-state index in [1.165, 1.54) is 0 Å². The van der Waals surface area contributed by atoms with Crippen LogP contribution in [0, 0.1) is 0 Å². The monoisotopic (exact) mass is 244 g/mol. The minimum absolute atomic E-state index is 0.220. The number of Topliss-reactive ketones (excluding diaryl/α,β-unsaturated/α-hetero) is 1.